The van der Waals surface area contributed by atoms with Crippen molar-refractivity contribution in [2.75, 3.05) is 7.05 Å². The van der Waals surface area contributed by atoms with Gasteiger partial charge >= 0.3 is 5.88 Å². The highest BCUT2D eigenvalue weighted by atomic mass is 32.2. The van der Waals surface area contributed by atoms with Gasteiger partial charge < -0.3 is 4.42 Å². The lowest BCUT2D eigenvalue weighted by atomic mass is 10.3. The summed E-state index contributed by atoms with van der Waals surface area (Å²) in [6, 6.07) is 2.74. The van der Waals surface area contributed by atoms with E-state index in [0.29, 0.717) is 10.1 Å². The number of hydrogen-bond donors (Lipinski definition) is 0. The fourth-order valence-electron chi connectivity index (χ4n) is 1.35. The summed E-state index contributed by atoms with van der Waals surface area (Å²) >= 11 is 6.25. The van der Waals surface area contributed by atoms with Gasteiger partial charge in [-0.05, 0) is 12.1 Å². The molecule has 6 nitrogen and oxygen atoms in total. The summed E-state index contributed by atoms with van der Waals surface area (Å²) < 4.78 is 5.45. The fourth-order valence-corrected chi connectivity index (χ4v) is 2.64. The van der Waals surface area contributed by atoms with E-state index in [2.05, 4.69) is 0 Å². The number of rotatable bonds is 3. The van der Waals surface area contributed by atoms with Crippen molar-refractivity contribution < 1.29 is 14.1 Å². The first-order valence-electron chi connectivity index (χ1n) is 4.89. The molecule has 1 fully saturated rings. The quantitative estimate of drug-likeness (QED) is 0.480. The number of furan rings is 1. The fraction of sp³-hybridized carbons (Fsp3) is 0.200. The summed E-state index contributed by atoms with van der Waals surface area (Å²) in [5.41, 5.74) is 0. The summed E-state index contributed by atoms with van der Waals surface area (Å²) in [5.74, 6) is -0.106. The first-order valence-corrected chi connectivity index (χ1v) is 6.18. The van der Waals surface area contributed by atoms with Crippen LogP contribution in [0.4, 0.5) is 5.88 Å². The van der Waals surface area contributed by atoms with Crippen molar-refractivity contribution in [3.63, 3.8) is 0 Å². The van der Waals surface area contributed by atoms with Crippen LogP contribution in [0.5, 0.6) is 0 Å². The van der Waals surface area contributed by atoms with Gasteiger partial charge in [-0.15, -0.1) is 0 Å². The first-order chi connectivity index (χ1) is 8.49. The Morgan fingerprint density at radius 3 is 2.83 bits per heavy atom. The van der Waals surface area contributed by atoms with Crippen molar-refractivity contribution in [3.05, 3.63) is 34.1 Å². The molecule has 1 saturated heterocycles. The number of thioether (sulfide) groups is 1. The van der Waals surface area contributed by atoms with Gasteiger partial charge in [-0.1, -0.05) is 30.1 Å². The number of hydrogen-bond acceptors (Lipinski definition) is 6. The molecule has 1 aromatic heterocycles. The maximum absolute atomic E-state index is 11.7. The van der Waals surface area contributed by atoms with Crippen molar-refractivity contribution >= 4 is 46.2 Å². The SMILES string of the molecule is CN1C(=O)C(/C=C/c2ccc([N+](=O)[O-])o2)SC1=S. The standard InChI is InChI=1S/C10H8N2O4S2/c1-11-9(13)7(18-10(11)17)4-2-6-3-5-8(16-6)12(14)15/h2-5,7H,1H3/b4-2+. The third kappa shape index (κ3) is 2.44. The van der Waals surface area contributed by atoms with E-state index in [9.17, 15) is 14.9 Å². The molecule has 0 N–H and O–H groups in total. The highest BCUT2D eigenvalue weighted by Gasteiger charge is 2.32. The molecule has 1 amide bonds. The molecule has 0 bridgehead atoms. The molecule has 2 heterocycles. The summed E-state index contributed by atoms with van der Waals surface area (Å²) in [4.78, 5) is 22.9. The number of carbonyl (C=O) groups is 1. The Labute approximate surface area is 112 Å². The molecule has 0 aromatic carbocycles. The van der Waals surface area contributed by atoms with Crippen molar-refractivity contribution in [3.8, 4) is 0 Å². The van der Waals surface area contributed by atoms with E-state index < -0.39 is 10.2 Å². The smallest absolute Gasteiger partial charge is 0.401 e. The van der Waals surface area contributed by atoms with E-state index >= 15 is 0 Å². The Morgan fingerprint density at radius 2 is 2.33 bits per heavy atom. The Hall–Kier alpha value is -1.67. The largest absolute Gasteiger partial charge is 0.433 e. The zero-order chi connectivity index (χ0) is 13.3. The third-order valence-electron chi connectivity index (χ3n) is 2.30. The van der Waals surface area contributed by atoms with Crippen molar-refractivity contribution in [2.45, 2.75) is 5.25 Å². The number of nitro groups is 1. The molecule has 1 aliphatic rings. The van der Waals surface area contributed by atoms with Gasteiger partial charge in [0.15, 0.2) is 0 Å². The van der Waals surface area contributed by atoms with Crippen LogP contribution < -0.4 is 0 Å². The van der Waals surface area contributed by atoms with Gasteiger partial charge in [0.25, 0.3) is 0 Å². The van der Waals surface area contributed by atoms with E-state index in [1.54, 1.807) is 13.1 Å². The number of thiocarbonyl (C=S) groups is 1. The molecule has 1 atom stereocenters. The van der Waals surface area contributed by atoms with Crippen LogP contribution in [0.25, 0.3) is 6.08 Å². The summed E-state index contributed by atoms with van der Waals surface area (Å²) in [6.45, 7) is 0. The van der Waals surface area contributed by atoms with Gasteiger partial charge in [0.05, 0.1) is 6.07 Å². The minimum absolute atomic E-state index is 0.109. The number of carbonyl (C=O) groups excluding carboxylic acids is 1. The molecule has 94 valence electrons. The van der Waals surface area contributed by atoms with E-state index in [1.165, 1.54) is 34.9 Å². The minimum Gasteiger partial charge on any atom is -0.401 e. The van der Waals surface area contributed by atoms with Crippen LogP contribution in [-0.2, 0) is 4.79 Å². The zero-order valence-corrected chi connectivity index (χ0v) is 10.9. The van der Waals surface area contributed by atoms with Crippen LogP contribution in [0.15, 0.2) is 22.6 Å². The summed E-state index contributed by atoms with van der Waals surface area (Å²) in [6.07, 6.45) is 3.15. The van der Waals surface area contributed by atoms with E-state index in [4.69, 9.17) is 16.6 Å². The molecule has 1 aromatic rings. The highest BCUT2D eigenvalue weighted by Crippen LogP contribution is 2.27. The zero-order valence-electron chi connectivity index (χ0n) is 9.23. The molecular formula is C10H8N2O4S2. The van der Waals surface area contributed by atoms with E-state index in [0.717, 1.165) is 0 Å². The van der Waals surface area contributed by atoms with Crippen molar-refractivity contribution in [1.82, 2.24) is 4.90 Å². The topological polar surface area (TPSA) is 76.6 Å². The maximum atomic E-state index is 11.7. The van der Waals surface area contributed by atoms with Gasteiger partial charge in [0.2, 0.25) is 5.91 Å². The molecule has 0 aliphatic carbocycles. The molecular weight excluding hydrogens is 276 g/mol. The van der Waals surface area contributed by atoms with Crippen molar-refractivity contribution in [2.24, 2.45) is 0 Å². The van der Waals surface area contributed by atoms with Gasteiger partial charge in [-0.3, -0.25) is 19.8 Å². The van der Waals surface area contributed by atoms with Crippen LogP contribution in [0.1, 0.15) is 5.76 Å². The molecule has 8 heteroatoms. The Balaban J connectivity index is 2.09. The number of amides is 1. The second kappa shape index (κ2) is 4.91. The molecule has 2 rings (SSSR count). The van der Waals surface area contributed by atoms with Crippen LogP contribution in [0.3, 0.4) is 0 Å². The molecule has 0 spiro atoms. The molecule has 18 heavy (non-hydrogen) atoms. The van der Waals surface area contributed by atoms with Crippen molar-refractivity contribution in [1.29, 1.82) is 0 Å². The predicted octanol–water partition coefficient (Wildman–Crippen LogP) is 2.06. The van der Waals surface area contributed by atoms with Gasteiger partial charge in [0, 0.05) is 7.05 Å². The van der Waals surface area contributed by atoms with Gasteiger partial charge in [-0.2, -0.15) is 0 Å². The molecule has 1 aliphatic heterocycles. The van der Waals surface area contributed by atoms with Crippen LogP contribution in [0, 0.1) is 10.1 Å². The van der Waals surface area contributed by atoms with Crippen LogP contribution in [-0.4, -0.2) is 32.3 Å². The normalized spacial score (nSPS) is 20.1. The average molecular weight is 284 g/mol. The van der Waals surface area contributed by atoms with E-state index in [-0.39, 0.29) is 11.8 Å². The van der Waals surface area contributed by atoms with Crippen LogP contribution >= 0.6 is 24.0 Å². The van der Waals surface area contributed by atoms with Crippen LogP contribution in [0.2, 0.25) is 0 Å². The third-order valence-corrected chi connectivity index (χ3v) is 3.95. The lowest BCUT2D eigenvalue weighted by Crippen LogP contribution is -2.26. The Bertz CT molecular complexity index is 552. The van der Waals surface area contributed by atoms with Gasteiger partial charge in [-0.25, -0.2) is 0 Å². The van der Waals surface area contributed by atoms with Gasteiger partial charge in [0.1, 0.15) is 20.3 Å². The molecule has 0 saturated carbocycles. The Morgan fingerprint density at radius 1 is 1.61 bits per heavy atom. The predicted molar refractivity (Wildman–Crippen MR) is 71.1 cm³/mol. The highest BCUT2D eigenvalue weighted by molar-refractivity contribution is 8.24. The molecule has 0 radical (unpaired) electrons. The lowest BCUT2D eigenvalue weighted by Gasteiger charge is -2.04. The summed E-state index contributed by atoms with van der Waals surface area (Å²) in [7, 11) is 1.61. The second-order valence-corrected chi connectivity index (χ2v) is 5.27. The first kappa shape index (κ1) is 12.8. The minimum atomic E-state index is -0.615. The average Bonchev–Trinajstić information content (AvgIpc) is 2.88. The number of nitrogens with zero attached hydrogens (tertiary/aromatic N) is 2. The molecule has 1 unspecified atom stereocenters. The second-order valence-electron chi connectivity index (χ2n) is 3.49. The maximum Gasteiger partial charge on any atom is 0.433 e. The van der Waals surface area contributed by atoms with E-state index in [1.807, 2.05) is 0 Å². The summed E-state index contributed by atoms with van der Waals surface area (Å²) in [5, 5.41) is 10.0. The Kier molecular flexibility index (Phi) is 3.48. The lowest BCUT2D eigenvalue weighted by molar-refractivity contribution is -0.402. The monoisotopic (exact) mass is 284 g/mol.